The summed E-state index contributed by atoms with van der Waals surface area (Å²) in [6, 6.07) is 4.57. The molecule has 7 heteroatoms. The molecule has 0 bridgehead atoms. The highest BCUT2D eigenvalue weighted by molar-refractivity contribution is 9.10. The third-order valence-electron chi connectivity index (χ3n) is 2.22. The summed E-state index contributed by atoms with van der Waals surface area (Å²) in [5.74, 6) is -0.422. The number of anilines is 1. The van der Waals surface area contributed by atoms with Gasteiger partial charge in [-0.2, -0.15) is 0 Å². The zero-order valence-electron chi connectivity index (χ0n) is 10.1. The number of likely N-dealkylation sites (N-methyl/N-ethyl adjacent to an activating group) is 1. The summed E-state index contributed by atoms with van der Waals surface area (Å²) in [5.41, 5.74) is 0.312. The number of nitro benzene ring substituents is 1. The van der Waals surface area contributed by atoms with E-state index in [4.69, 9.17) is 4.74 Å². The van der Waals surface area contributed by atoms with Crippen LogP contribution in [0, 0.1) is 10.1 Å². The Balaban J connectivity index is 2.96. The lowest BCUT2D eigenvalue weighted by atomic mass is 10.2. The summed E-state index contributed by atoms with van der Waals surface area (Å²) in [4.78, 5) is 23.2. The van der Waals surface area contributed by atoms with Crippen LogP contribution in [0.25, 0.3) is 0 Å². The molecule has 98 valence electrons. The summed E-state index contributed by atoms with van der Waals surface area (Å²) < 4.78 is 5.51. The zero-order chi connectivity index (χ0) is 13.7. The van der Waals surface area contributed by atoms with Crippen molar-refractivity contribution in [2.75, 3.05) is 25.1 Å². The van der Waals surface area contributed by atoms with Gasteiger partial charge in [0.05, 0.1) is 11.5 Å². The fraction of sp³-hybridized carbons (Fsp3) is 0.364. The number of hydrogen-bond donors (Lipinski definition) is 0. The smallest absolute Gasteiger partial charge is 0.325 e. The van der Waals surface area contributed by atoms with Crippen LogP contribution in [0.2, 0.25) is 0 Å². The first kappa shape index (κ1) is 14.4. The van der Waals surface area contributed by atoms with Crippen LogP contribution in [0.15, 0.2) is 22.7 Å². The minimum atomic E-state index is -0.483. The van der Waals surface area contributed by atoms with E-state index in [9.17, 15) is 14.9 Å². The second-order valence-electron chi connectivity index (χ2n) is 3.55. The maximum Gasteiger partial charge on any atom is 0.325 e. The van der Waals surface area contributed by atoms with Crippen LogP contribution in [0.3, 0.4) is 0 Å². The number of rotatable bonds is 5. The molecule has 0 aliphatic heterocycles. The molecule has 0 saturated heterocycles. The Kier molecular flexibility index (Phi) is 5.08. The molecule has 0 aliphatic carbocycles. The summed E-state index contributed by atoms with van der Waals surface area (Å²) in [5, 5.41) is 10.9. The number of carbonyl (C=O) groups is 1. The number of ether oxygens (including phenoxy) is 1. The Morgan fingerprint density at radius 3 is 2.78 bits per heavy atom. The standard InChI is InChI=1S/C11H13BrN2O4/c1-3-18-11(15)7-13(2)10-6-8(12)4-5-9(10)14(16)17/h4-6H,3,7H2,1-2H3. The molecule has 0 amide bonds. The lowest BCUT2D eigenvalue weighted by molar-refractivity contribution is -0.384. The Morgan fingerprint density at radius 1 is 1.56 bits per heavy atom. The van der Waals surface area contributed by atoms with E-state index in [1.165, 1.54) is 11.0 Å². The van der Waals surface area contributed by atoms with E-state index in [0.717, 1.165) is 0 Å². The topological polar surface area (TPSA) is 72.7 Å². The first-order valence-electron chi connectivity index (χ1n) is 5.26. The molecule has 0 atom stereocenters. The fourth-order valence-electron chi connectivity index (χ4n) is 1.44. The first-order valence-corrected chi connectivity index (χ1v) is 6.05. The van der Waals surface area contributed by atoms with Crippen LogP contribution < -0.4 is 4.90 Å². The van der Waals surface area contributed by atoms with Gasteiger partial charge >= 0.3 is 5.97 Å². The number of carbonyl (C=O) groups excluding carboxylic acids is 1. The molecule has 0 aliphatic rings. The van der Waals surface area contributed by atoms with Crippen LogP contribution in [0.5, 0.6) is 0 Å². The number of nitro groups is 1. The van der Waals surface area contributed by atoms with Gasteiger partial charge in [0.25, 0.3) is 5.69 Å². The van der Waals surface area contributed by atoms with Crippen molar-refractivity contribution in [3.8, 4) is 0 Å². The van der Waals surface area contributed by atoms with E-state index in [1.807, 2.05) is 0 Å². The second kappa shape index (κ2) is 6.34. The van der Waals surface area contributed by atoms with Crippen LogP contribution in [-0.4, -0.2) is 31.1 Å². The maximum atomic E-state index is 11.3. The van der Waals surface area contributed by atoms with E-state index in [1.54, 1.807) is 26.1 Å². The molecule has 0 heterocycles. The number of benzene rings is 1. The highest BCUT2D eigenvalue weighted by Crippen LogP contribution is 2.30. The summed E-state index contributed by atoms with van der Waals surface area (Å²) in [6.07, 6.45) is 0. The van der Waals surface area contributed by atoms with E-state index in [-0.39, 0.29) is 18.8 Å². The van der Waals surface area contributed by atoms with Crippen LogP contribution >= 0.6 is 15.9 Å². The highest BCUT2D eigenvalue weighted by Gasteiger charge is 2.19. The van der Waals surface area contributed by atoms with Gasteiger partial charge in [-0.05, 0) is 19.1 Å². The number of hydrogen-bond acceptors (Lipinski definition) is 5. The predicted octanol–water partition coefficient (Wildman–Crippen LogP) is 2.36. The Morgan fingerprint density at radius 2 is 2.22 bits per heavy atom. The number of halogens is 1. The molecule has 6 nitrogen and oxygen atoms in total. The van der Waals surface area contributed by atoms with Crippen molar-refractivity contribution in [3.05, 3.63) is 32.8 Å². The van der Waals surface area contributed by atoms with Crippen molar-refractivity contribution in [1.29, 1.82) is 0 Å². The van der Waals surface area contributed by atoms with Gasteiger partial charge < -0.3 is 9.64 Å². The molecule has 1 rings (SSSR count). The van der Waals surface area contributed by atoms with Crippen molar-refractivity contribution in [2.45, 2.75) is 6.92 Å². The molecular formula is C11H13BrN2O4. The van der Waals surface area contributed by atoms with Crippen molar-refractivity contribution in [2.24, 2.45) is 0 Å². The lowest BCUT2D eigenvalue weighted by Crippen LogP contribution is -2.27. The molecule has 1 aromatic rings. The van der Waals surface area contributed by atoms with Crippen molar-refractivity contribution in [3.63, 3.8) is 0 Å². The lowest BCUT2D eigenvalue weighted by Gasteiger charge is -2.18. The van der Waals surface area contributed by atoms with Gasteiger partial charge in [-0.3, -0.25) is 14.9 Å². The average molecular weight is 317 g/mol. The molecule has 0 unspecified atom stereocenters. The largest absolute Gasteiger partial charge is 0.465 e. The van der Waals surface area contributed by atoms with E-state index in [2.05, 4.69) is 15.9 Å². The van der Waals surface area contributed by atoms with Crippen LogP contribution in [0.4, 0.5) is 11.4 Å². The minimum Gasteiger partial charge on any atom is -0.465 e. The quantitative estimate of drug-likeness (QED) is 0.473. The van der Waals surface area contributed by atoms with Gasteiger partial charge in [0, 0.05) is 17.6 Å². The second-order valence-corrected chi connectivity index (χ2v) is 4.47. The zero-order valence-corrected chi connectivity index (χ0v) is 11.6. The molecule has 0 saturated carbocycles. The molecule has 0 aromatic heterocycles. The SMILES string of the molecule is CCOC(=O)CN(C)c1cc(Br)ccc1[N+](=O)[O-]. The first-order chi connectivity index (χ1) is 8.45. The normalized spacial score (nSPS) is 9.94. The van der Waals surface area contributed by atoms with Gasteiger partial charge in [0.2, 0.25) is 0 Å². The molecular weight excluding hydrogens is 304 g/mol. The Bertz CT molecular complexity index is 464. The van der Waals surface area contributed by atoms with E-state index >= 15 is 0 Å². The molecule has 0 fully saturated rings. The van der Waals surface area contributed by atoms with Crippen molar-refractivity contribution in [1.82, 2.24) is 0 Å². The number of nitrogens with zero attached hydrogens (tertiary/aromatic N) is 2. The summed E-state index contributed by atoms with van der Waals surface area (Å²) in [6.45, 7) is 1.96. The molecule has 1 aromatic carbocycles. The summed E-state index contributed by atoms with van der Waals surface area (Å²) >= 11 is 3.25. The molecule has 0 spiro atoms. The third-order valence-corrected chi connectivity index (χ3v) is 2.71. The summed E-state index contributed by atoms with van der Waals surface area (Å²) in [7, 11) is 1.60. The molecule has 0 N–H and O–H groups in total. The minimum absolute atomic E-state index is 0.0366. The highest BCUT2D eigenvalue weighted by atomic mass is 79.9. The van der Waals surface area contributed by atoms with Crippen molar-refractivity contribution < 1.29 is 14.5 Å². The van der Waals surface area contributed by atoms with Gasteiger partial charge in [-0.15, -0.1) is 0 Å². The van der Waals surface area contributed by atoms with Gasteiger partial charge in [0.1, 0.15) is 12.2 Å². The van der Waals surface area contributed by atoms with Crippen molar-refractivity contribution >= 4 is 33.3 Å². The van der Waals surface area contributed by atoms with E-state index in [0.29, 0.717) is 10.2 Å². The number of esters is 1. The van der Waals surface area contributed by atoms with Crippen LogP contribution in [-0.2, 0) is 9.53 Å². The third kappa shape index (κ3) is 3.69. The predicted molar refractivity (Wildman–Crippen MR) is 70.7 cm³/mol. The van der Waals surface area contributed by atoms with Crippen LogP contribution in [0.1, 0.15) is 6.92 Å². The van der Waals surface area contributed by atoms with Gasteiger partial charge in [-0.1, -0.05) is 15.9 Å². The fourth-order valence-corrected chi connectivity index (χ4v) is 1.79. The molecule has 18 heavy (non-hydrogen) atoms. The maximum absolute atomic E-state index is 11.3. The molecule has 0 radical (unpaired) electrons. The Labute approximate surface area is 113 Å². The van der Waals surface area contributed by atoms with Gasteiger partial charge in [-0.25, -0.2) is 0 Å². The van der Waals surface area contributed by atoms with Gasteiger partial charge in [0.15, 0.2) is 0 Å². The Hall–Kier alpha value is -1.63. The van der Waals surface area contributed by atoms with E-state index < -0.39 is 10.9 Å². The monoisotopic (exact) mass is 316 g/mol. The average Bonchev–Trinajstić information content (AvgIpc) is 2.28.